The highest BCUT2D eigenvalue weighted by molar-refractivity contribution is 5.98. The van der Waals surface area contributed by atoms with Gasteiger partial charge in [-0.2, -0.15) is 4.98 Å². The van der Waals surface area contributed by atoms with Gasteiger partial charge in [-0.1, -0.05) is 61.7 Å². The van der Waals surface area contributed by atoms with Crippen molar-refractivity contribution < 1.29 is 9.32 Å². The van der Waals surface area contributed by atoms with Crippen LogP contribution in [0.5, 0.6) is 0 Å². The van der Waals surface area contributed by atoms with E-state index >= 15 is 0 Å². The molecular weight excluding hydrogens is 402 g/mol. The number of amides is 1. The molecule has 0 spiro atoms. The van der Waals surface area contributed by atoms with Crippen LogP contribution in [0.2, 0.25) is 0 Å². The van der Waals surface area contributed by atoms with Gasteiger partial charge in [0.2, 0.25) is 5.91 Å². The molecule has 2 fully saturated rings. The van der Waals surface area contributed by atoms with E-state index in [1.165, 1.54) is 19.3 Å². The Hall–Kier alpha value is -2.96. The maximum atomic E-state index is 13.0. The zero-order valence-electron chi connectivity index (χ0n) is 18.8. The maximum Gasteiger partial charge on any atom is 0.263 e. The molecule has 3 aromatic rings. The second-order valence-corrected chi connectivity index (χ2v) is 8.94. The van der Waals surface area contributed by atoms with Crippen molar-refractivity contribution in [2.45, 2.75) is 51.9 Å². The van der Waals surface area contributed by atoms with E-state index in [-0.39, 0.29) is 5.92 Å². The van der Waals surface area contributed by atoms with Crippen LogP contribution in [0.3, 0.4) is 0 Å². The Bertz CT molecular complexity index is 1070. The predicted octanol–water partition coefficient (Wildman–Crippen LogP) is 4.47. The average Bonchev–Trinajstić information content (AvgIpc) is 3.29. The third-order valence-electron chi connectivity index (χ3n) is 6.73. The molecule has 7 heteroatoms. The van der Waals surface area contributed by atoms with Gasteiger partial charge in [0.05, 0.1) is 0 Å². The van der Waals surface area contributed by atoms with Crippen molar-refractivity contribution in [1.29, 1.82) is 0 Å². The minimum atomic E-state index is 0.222. The summed E-state index contributed by atoms with van der Waals surface area (Å²) in [5.41, 5.74) is 2.31. The zero-order chi connectivity index (χ0) is 21.9. The van der Waals surface area contributed by atoms with E-state index in [0.717, 1.165) is 80.1 Å². The molecule has 5 rings (SSSR count). The van der Waals surface area contributed by atoms with E-state index in [0.29, 0.717) is 11.6 Å². The molecule has 0 bridgehead atoms. The van der Waals surface area contributed by atoms with Crippen LogP contribution >= 0.6 is 0 Å². The lowest BCUT2D eigenvalue weighted by Gasteiger charge is -2.37. The Morgan fingerprint density at radius 3 is 2.50 bits per heavy atom. The number of aryl methyl sites for hydroxylation is 1. The highest BCUT2D eigenvalue weighted by Gasteiger charge is 2.30. The van der Waals surface area contributed by atoms with Crippen molar-refractivity contribution in [3.05, 3.63) is 36.2 Å². The molecule has 168 valence electrons. The summed E-state index contributed by atoms with van der Waals surface area (Å²) in [6.45, 7) is 5.11. The number of anilines is 1. The fourth-order valence-corrected chi connectivity index (χ4v) is 4.98. The Morgan fingerprint density at radius 1 is 1.03 bits per heavy atom. The van der Waals surface area contributed by atoms with Crippen LogP contribution in [0.1, 0.15) is 51.3 Å². The second-order valence-electron chi connectivity index (χ2n) is 8.94. The Kier molecular flexibility index (Phi) is 6.06. The molecule has 0 unspecified atom stereocenters. The molecule has 7 nitrogen and oxygen atoms in total. The van der Waals surface area contributed by atoms with Gasteiger partial charge in [-0.3, -0.25) is 4.79 Å². The van der Waals surface area contributed by atoms with Crippen LogP contribution < -0.4 is 4.90 Å². The molecular formula is C25H31N5O2. The molecule has 0 radical (unpaired) electrons. The standard InChI is InChI=1S/C25H31N5O2/c1-2-9-20-26-23(21-22(28-32-24(21)27-20)18-10-5-3-6-11-18)29-14-16-30(17-15-29)25(31)19-12-7-4-8-13-19/h3,5-6,10-11,19H,2,4,7-9,12-17H2,1H3. The van der Waals surface area contributed by atoms with Crippen molar-refractivity contribution in [2.24, 2.45) is 5.92 Å². The smallest absolute Gasteiger partial charge is 0.263 e. The van der Waals surface area contributed by atoms with Crippen molar-refractivity contribution >= 4 is 22.8 Å². The summed E-state index contributed by atoms with van der Waals surface area (Å²) in [4.78, 5) is 26.9. The lowest BCUT2D eigenvalue weighted by atomic mass is 9.88. The fourth-order valence-electron chi connectivity index (χ4n) is 4.98. The molecule has 0 N–H and O–H groups in total. The quantitative estimate of drug-likeness (QED) is 0.591. The summed E-state index contributed by atoms with van der Waals surface area (Å²) in [5.74, 6) is 2.23. The van der Waals surface area contributed by atoms with Gasteiger partial charge in [-0.25, -0.2) is 4.98 Å². The van der Waals surface area contributed by atoms with Gasteiger partial charge in [0, 0.05) is 44.1 Å². The molecule has 2 aliphatic rings. The number of benzene rings is 1. The largest absolute Gasteiger partial charge is 0.352 e. The van der Waals surface area contributed by atoms with Gasteiger partial charge in [-0.15, -0.1) is 0 Å². The highest BCUT2D eigenvalue weighted by Crippen LogP contribution is 2.34. The molecule has 3 heterocycles. The lowest BCUT2D eigenvalue weighted by Crippen LogP contribution is -2.51. The first-order valence-electron chi connectivity index (χ1n) is 12.0. The molecule has 1 aromatic carbocycles. The summed E-state index contributed by atoms with van der Waals surface area (Å²) in [6.07, 6.45) is 7.50. The molecule has 1 amide bonds. The van der Waals surface area contributed by atoms with Gasteiger partial charge < -0.3 is 14.3 Å². The van der Waals surface area contributed by atoms with Gasteiger partial charge in [0.15, 0.2) is 0 Å². The van der Waals surface area contributed by atoms with Crippen LogP contribution in [0.4, 0.5) is 5.82 Å². The maximum absolute atomic E-state index is 13.0. The molecule has 1 aliphatic heterocycles. The van der Waals surface area contributed by atoms with Crippen molar-refractivity contribution in [2.75, 3.05) is 31.1 Å². The summed E-state index contributed by atoms with van der Waals surface area (Å²) in [7, 11) is 0. The monoisotopic (exact) mass is 433 g/mol. The minimum Gasteiger partial charge on any atom is -0.352 e. The summed E-state index contributed by atoms with van der Waals surface area (Å²) in [5, 5.41) is 5.22. The number of hydrogen-bond acceptors (Lipinski definition) is 6. The topological polar surface area (TPSA) is 75.4 Å². The third kappa shape index (κ3) is 4.08. The molecule has 1 aliphatic carbocycles. The molecule has 0 atom stereocenters. The minimum absolute atomic E-state index is 0.222. The number of piperazine rings is 1. The zero-order valence-corrected chi connectivity index (χ0v) is 18.8. The number of aromatic nitrogens is 3. The number of hydrogen-bond donors (Lipinski definition) is 0. The van der Waals surface area contributed by atoms with Crippen molar-refractivity contribution in [3.63, 3.8) is 0 Å². The van der Waals surface area contributed by atoms with Crippen LogP contribution in [0, 0.1) is 5.92 Å². The van der Waals surface area contributed by atoms with E-state index < -0.39 is 0 Å². The van der Waals surface area contributed by atoms with E-state index in [2.05, 4.69) is 26.9 Å². The predicted molar refractivity (Wildman–Crippen MR) is 124 cm³/mol. The summed E-state index contributed by atoms with van der Waals surface area (Å²) < 4.78 is 5.67. The van der Waals surface area contributed by atoms with Gasteiger partial charge in [-0.05, 0) is 19.3 Å². The first-order chi connectivity index (χ1) is 15.7. The van der Waals surface area contributed by atoms with Crippen LogP contribution in [-0.4, -0.2) is 52.1 Å². The number of fused-ring (bicyclic) bond motifs is 1. The van der Waals surface area contributed by atoms with E-state index in [4.69, 9.17) is 9.51 Å². The Morgan fingerprint density at radius 2 is 1.78 bits per heavy atom. The average molecular weight is 434 g/mol. The fraction of sp³-hybridized carbons (Fsp3) is 0.520. The second kappa shape index (κ2) is 9.27. The Labute approximate surface area is 188 Å². The number of carbonyl (C=O) groups is 1. The molecule has 32 heavy (non-hydrogen) atoms. The normalized spacial score (nSPS) is 17.8. The van der Waals surface area contributed by atoms with Gasteiger partial charge in [0.25, 0.3) is 5.71 Å². The Balaban J connectivity index is 1.43. The number of rotatable bonds is 5. The van der Waals surface area contributed by atoms with Crippen molar-refractivity contribution in [1.82, 2.24) is 20.0 Å². The van der Waals surface area contributed by atoms with E-state index in [1.807, 2.05) is 30.3 Å². The van der Waals surface area contributed by atoms with E-state index in [9.17, 15) is 4.79 Å². The first kappa shape index (κ1) is 20.9. The van der Waals surface area contributed by atoms with Gasteiger partial charge >= 0.3 is 0 Å². The van der Waals surface area contributed by atoms with Crippen molar-refractivity contribution in [3.8, 4) is 11.3 Å². The molecule has 1 saturated carbocycles. The number of carbonyl (C=O) groups excluding carboxylic acids is 1. The number of nitrogens with zero attached hydrogens (tertiary/aromatic N) is 5. The van der Waals surface area contributed by atoms with Gasteiger partial charge in [0.1, 0.15) is 22.7 Å². The third-order valence-corrected chi connectivity index (χ3v) is 6.73. The van der Waals surface area contributed by atoms with Crippen LogP contribution in [0.25, 0.3) is 22.4 Å². The molecule has 1 saturated heterocycles. The summed E-state index contributed by atoms with van der Waals surface area (Å²) >= 11 is 0. The van der Waals surface area contributed by atoms with Crippen LogP contribution in [0.15, 0.2) is 34.9 Å². The lowest BCUT2D eigenvalue weighted by molar-refractivity contribution is -0.136. The SMILES string of the molecule is CCCc1nc(N2CCN(C(=O)C3CCCCC3)CC2)c2c(-c3ccccc3)noc2n1. The first-order valence-corrected chi connectivity index (χ1v) is 12.0. The molecule has 2 aromatic heterocycles. The highest BCUT2D eigenvalue weighted by atomic mass is 16.5. The summed E-state index contributed by atoms with van der Waals surface area (Å²) in [6, 6.07) is 10.0. The van der Waals surface area contributed by atoms with E-state index in [1.54, 1.807) is 0 Å². The van der Waals surface area contributed by atoms with Crippen LogP contribution in [-0.2, 0) is 11.2 Å².